The number of carbonyl (C=O) groups excluding carboxylic acids is 2. The van der Waals surface area contributed by atoms with Gasteiger partial charge in [0.25, 0.3) is 5.91 Å². The van der Waals surface area contributed by atoms with Crippen LogP contribution in [0, 0.1) is 0 Å². The van der Waals surface area contributed by atoms with Crippen molar-refractivity contribution in [1.82, 2.24) is 15.6 Å². The highest BCUT2D eigenvalue weighted by atomic mass is 32.2. The Hall–Kier alpha value is -2.60. The first kappa shape index (κ1) is 19.2. The highest BCUT2D eigenvalue weighted by Crippen LogP contribution is 2.21. The van der Waals surface area contributed by atoms with E-state index in [1.165, 1.54) is 11.8 Å². The second-order valence-corrected chi connectivity index (χ2v) is 7.34. The first-order valence-electron chi connectivity index (χ1n) is 9.09. The number of nitrogens with zero attached hydrogens (tertiary/aromatic N) is 1. The minimum Gasteiger partial charge on any atom is -0.356 e. The number of aromatic nitrogens is 1. The maximum Gasteiger partial charge on any atom is 0.254 e. The number of pyridine rings is 1. The lowest BCUT2D eigenvalue weighted by Crippen LogP contribution is -2.35. The molecule has 0 radical (unpaired) electrons. The Kier molecular flexibility index (Phi) is 7.04. The van der Waals surface area contributed by atoms with Crippen molar-refractivity contribution in [2.45, 2.75) is 30.3 Å². The van der Waals surface area contributed by atoms with Gasteiger partial charge in [-0.05, 0) is 30.5 Å². The van der Waals surface area contributed by atoms with Gasteiger partial charge in [0.15, 0.2) is 0 Å². The third-order valence-corrected chi connectivity index (χ3v) is 5.27. The molecule has 5 nitrogen and oxygen atoms in total. The number of carbonyl (C=O) groups is 2. The number of nitrogens with one attached hydrogen (secondary N) is 2. The summed E-state index contributed by atoms with van der Waals surface area (Å²) in [6.45, 7) is 0.600. The summed E-state index contributed by atoms with van der Waals surface area (Å²) in [7, 11) is 0. The molecule has 2 heterocycles. The number of hydrogen-bond donors (Lipinski definition) is 2. The van der Waals surface area contributed by atoms with E-state index in [1.807, 2.05) is 30.3 Å². The van der Waals surface area contributed by atoms with Crippen LogP contribution in [-0.2, 0) is 4.79 Å². The van der Waals surface area contributed by atoms with Gasteiger partial charge in [-0.1, -0.05) is 42.5 Å². The number of amides is 2. The van der Waals surface area contributed by atoms with Crippen LogP contribution >= 0.6 is 11.8 Å². The summed E-state index contributed by atoms with van der Waals surface area (Å²) in [6, 6.07) is 13.7. The Morgan fingerprint density at radius 2 is 2.07 bits per heavy atom. The van der Waals surface area contributed by atoms with Gasteiger partial charge in [0.05, 0.1) is 5.56 Å². The fourth-order valence-corrected chi connectivity index (χ4v) is 3.69. The SMILES string of the molecule is O=C1CCC(NC(=O)c2cccnc2SC/C=C/c2ccccc2)CCN1. The van der Waals surface area contributed by atoms with Crippen LogP contribution in [0.3, 0.4) is 0 Å². The quantitative estimate of drug-likeness (QED) is 0.754. The molecule has 1 aromatic heterocycles. The summed E-state index contributed by atoms with van der Waals surface area (Å²) >= 11 is 1.54. The van der Waals surface area contributed by atoms with Gasteiger partial charge in [-0.2, -0.15) is 0 Å². The Balaban J connectivity index is 1.58. The number of thioether (sulfide) groups is 1. The van der Waals surface area contributed by atoms with Gasteiger partial charge in [0.1, 0.15) is 5.03 Å². The maximum atomic E-state index is 12.7. The fourth-order valence-electron chi connectivity index (χ4n) is 2.89. The summed E-state index contributed by atoms with van der Waals surface area (Å²) in [5, 5.41) is 6.60. The molecule has 0 saturated carbocycles. The maximum absolute atomic E-state index is 12.7. The summed E-state index contributed by atoms with van der Waals surface area (Å²) in [5.41, 5.74) is 1.73. The third-order valence-electron chi connectivity index (χ3n) is 4.31. The van der Waals surface area contributed by atoms with Gasteiger partial charge < -0.3 is 10.6 Å². The zero-order valence-electron chi connectivity index (χ0n) is 15.1. The van der Waals surface area contributed by atoms with Crippen LogP contribution in [0.5, 0.6) is 0 Å². The predicted octanol–water partition coefficient (Wildman–Crippen LogP) is 3.29. The molecular formula is C21H23N3O2S. The Morgan fingerprint density at radius 1 is 1.22 bits per heavy atom. The van der Waals surface area contributed by atoms with Gasteiger partial charge in [-0.25, -0.2) is 4.98 Å². The van der Waals surface area contributed by atoms with Gasteiger partial charge in [0, 0.05) is 31.0 Å². The Labute approximate surface area is 163 Å². The average molecular weight is 382 g/mol. The van der Waals surface area contributed by atoms with Gasteiger partial charge in [-0.3, -0.25) is 9.59 Å². The first-order valence-corrected chi connectivity index (χ1v) is 10.1. The van der Waals surface area contributed by atoms with Crippen LogP contribution in [-0.4, -0.2) is 35.1 Å². The Bertz CT molecular complexity index is 808. The smallest absolute Gasteiger partial charge is 0.254 e. The van der Waals surface area contributed by atoms with Crippen molar-refractivity contribution in [2.24, 2.45) is 0 Å². The van der Waals surface area contributed by atoms with Crippen molar-refractivity contribution in [3.8, 4) is 0 Å². The third kappa shape index (κ3) is 5.96. The minimum absolute atomic E-state index is 0.00693. The molecule has 1 aliphatic heterocycles. The van der Waals surface area contributed by atoms with Crippen molar-refractivity contribution < 1.29 is 9.59 Å². The molecular weight excluding hydrogens is 358 g/mol. The normalized spacial score (nSPS) is 17.3. The largest absolute Gasteiger partial charge is 0.356 e. The molecule has 2 aromatic rings. The van der Waals surface area contributed by atoms with Crippen molar-refractivity contribution in [3.05, 3.63) is 65.9 Å². The summed E-state index contributed by atoms with van der Waals surface area (Å²) in [6.07, 6.45) is 7.70. The molecule has 1 atom stereocenters. The summed E-state index contributed by atoms with van der Waals surface area (Å²) in [5.74, 6) is 0.653. The van der Waals surface area contributed by atoms with E-state index in [9.17, 15) is 9.59 Å². The van der Waals surface area contributed by atoms with E-state index >= 15 is 0 Å². The van der Waals surface area contributed by atoms with Crippen LogP contribution in [0.1, 0.15) is 35.2 Å². The molecule has 2 N–H and O–H groups in total. The minimum atomic E-state index is -0.128. The molecule has 1 aliphatic rings. The average Bonchev–Trinajstić information content (AvgIpc) is 2.90. The van der Waals surface area contributed by atoms with Crippen molar-refractivity contribution in [2.75, 3.05) is 12.3 Å². The van der Waals surface area contributed by atoms with Crippen molar-refractivity contribution in [3.63, 3.8) is 0 Å². The van der Waals surface area contributed by atoms with E-state index in [2.05, 4.69) is 27.8 Å². The number of hydrogen-bond acceptors (Lipinski definition) is 4. The lowest BCUT2D eigenvalue weighted by atomic mass is 10.1. The van der Waals surface area contributed by atoms with E-state index < -0.39 is 0 Å². The molecule has 0 bridgehead atoms. The van der Waals surface area contributed by atoms with Gasteiger partial charge in [0.2, 0.25) is 5.91 Å². The lowest BCUT2D eigenvalue weighted by molar-refractivity contribution is -0.120. The highest BCUT2D eigenvalue weighted by Gasteiger charge is 2.20. The molecule has 0 aliphatic carbocycles. The lowest BCUT2D eigenvalue weighted by Gasteiger charge is -2.16. The van der Waals surface area contributed by atoms with Crippen LogP contribution in [0.25, 0.3) is 6.08 Å². The van der Waals surface area contributed by atoms with Crippen LogP contribution < -0.4 is 10.6 Å². The molecule has 3 rings (SSSR count). The second kappa shape index (κ2) is 9.92. The summed E-state index contributed by atoms with van der Waals surface area (Å²) in [4.78, 5) is 28.5. The van der Waals surface area contributed by atoms with Crippen LogP contribution in [0.4, 0.5) is 0 Å². The first-order chi connectivity index (χ1) is 13.2. The standard InChI is InChI=1S/C21H23N3O2S/c25-19-11-10-17(12-14-22-19)24-20(26)18-9-4-13-23-21(18)27-15-5-8-16-6-2-1-3-7-16/h1-9,13,17H,10-12,14-15H2,(H,22,25)(H,24,26)/b8-5+. The van der Waals surface area contributed by atoms with Crippen LogP contribution in [0.15, 0.2) is 59.8 Å². The second-order valence-electron chi connectivity index (χ2n) is 6.33. The summed E-state index contributed by atoms with van der Waals surface area (Å²) < 4.78 is 0. The van der Waals surface area contributed by atoms with Crippen molar-refractivity contribution >= 4 is 29.7 Å². The molecule has 1 unspecified atom stereocenters. The van der Waals surface area contributed by atoms with E-state index in [1.54, 1.807) is 18.3 Å². The molecule has 6 heteroatoms. The molecule has 27 heavy (non-hydrogen) atoms. The highest BCUT2D eigenvalue weighted by molar-refractivity contribution is 7.99. The van der Waals surface area contributed by atoms with E-state index in [4.69, 9.17) is 0 Å². The number of benzene rings is 1. The topological polar surface area (TPSA) is 71.1 Å². The van der Waals surface area contributed by atoms with E-state index in [0.717, 1.165) is 22.8 Å². The van der Waals surface area contributed by atoms with Crippen LogP contribution in [0.2, 0.25) is 0 Å². The van der Waals surface area contributed by atoms with Gasteiger partial charge >= 0.3 is 0 Å². The Morgan fingerprint density at radius 3 is 2.93 bits per heavy atom. The van der Waals surface area contributed by atoms with E-state index in [0.29, 0.717) is 24.9 Å². The molecule has 1 saturated heterocycles. The molecule has 1 fully saturated rings. The van der Waals surface area contributed by atoms with E-state index in [-0.39, 0.29) is 17.9 Å². The van der Waals surface area contributed by atoms with Crippen molar-refractivity contribution in [1.29, 1.82) is 0 Å². The monoisotopic (exact) mass is 381 g/mol. The molecule has 0 spiro atoms. The zero-order chi connectivity index (χ0) is 18.9. The molecule has 140 valence electrons. The molecule has 1 aromatic carbocycles. The fraction of sp³-hybridized carbons (Fsp3) is 0.286. The molecule has 2 amide bonds. The predicted molar refractivity (Wildman–Crippen MR) is 109 cm³/mol. The number of rotatable bonds is 6. The zero-order valence-corrected chi connectivity index (χ0v) is 15.9. The van der Waals surface area contributed by atoms with Gasteiger partial charge in [-0.15, -0.1) is 11.8 Å².